The van der Waals surface area contributed by atoms with Crippen LogP contribution in [0.25, 0.3) is 0 Å². The van der Waals surface area contributed by atoms with E-state index in [1.807, 2.05) is 4.90 Å². The van der Waals surface area contributed by atoms with E-state index in [1.54, 1.807) is 30.0 Å². The summed E-state index contributed by atoms with van der Waals surface area (Å²) in [7, 11) is 0. The lowest BCUT2D eigenvalue weighted by Crippen LogP contribution is -2.42. The van der Waals surface area contributed by atoms with Gasteiger partial charge in [0.15, 0.2) is 0 Å². The Labute approximate surface area is 139 Å². The highest BCUT2D eigenvalue weighted by atomic mass is 32.2. The van der Waals surface area contributed by atoms with E-state index in [0.717, 1.165) is 31.1 Å². The Bertz CT molecular complexity index is 590. The van der Waals surface area contributed by atoms with E-state index in [4.69, 9.17) is 0 Å². The summed E-state index contributed by atoms with van der Waals surface area (Å²) in [5.41, 5.74) is 0.278. The largest absolute Gasteiger partial charge is 0.507 e. The first-order chi connectivity index (χ1) is 11.1. The number of hydrogen-bond donors (Lipinski definition) is 3. The number of phenolic OH excluding ortho intramolecular Hbond substituents is 1. The van der Waals surface area contributed by atoms with Crippen LogP contribution in [0.4, 0.5) is 0 Å². The first-order valence-electron chi connectivity index (χ1n) is 7.81. The first-order valence-corrected chi connectivity index (χ1v) is 8.96. The lowest BCUT2D eigenvalue weighted by molar-refractivity contribution is -0.131. The number of nitrogens with one attached hydrogen (secondary N) is 2. The van der Waals surface area contributed by atoms with Crippen LogP contribution < -0.4 is 10.6 Å². The molecule has 2 aliphatic heterocycles. The lowest BCUT2D eigenvalue weighted by Gasteiger charge is -2.19. The highest BCUT2D eigenvalue weighted by Gasteiger charge is 2.33. The molecule has 2 heterocycles. The van der Waals surface area contributed by atoms with Gasteiger partial charge in [-0.3, -0.25) is 9.59 Å². The maximum Gasteiger partial charge on any atom is 0.255 e. The summed E-state index contributed by atoms with van der Waals surface area (Å²) in [6.07, 6.45) is 0.737. The van der Waals surface area contributed by atoms with Crippen LogP contribution in [0.5, 0.6) is 5.75 Å². The maximum atomic E-state index is 12.3. The average Bonchev–Trinajstić information content (AvgIpc) is 3.24. The van der Waals surface area contributed by atoms with Crippen molar-refractivity contribution >= 4 is 23.6 Å². The van der Waals surface area contributed by atoms with Gasteiger partial charge in [-0.15, -0.1) is 11.8 Å². The molecule has 2 atom stereocenters. The van der Waals surface area contributed by atoms with Crippen LogP contribution in [0.2, 0.25) is 0 Å². The van der Waals surface area contributed by atoms with Crippen molar-refractivity contribution in [3.05, 3.63) is 29.8 Å². The van der Waals surface area contributed by atoms with Crippen molar-refractivity contribution in [2.75, 3.05) is 31.3 Å². The zero-order chi connectivity index (χ0) is 16.2. The third kappa shape index (κ3) is 3.79. The molecule has 1 aromatic carbocycles. The minimum atomic E-state index is -0.284. The fraction of sp³-hybridized carbons (Fsp3) is 0.500. The molecule has 0 radical (unpaired) electrons. The van der Waals surface area contributed by atoms with Gasteiger partial charge in [-0.25, -0.2) is 0 Å². The zero-order valence-electron chi connectivity index (χ0n) is 12.8. The first kappa shape index (κ1) is 16.1. The number of nitrogens with zero attached hydrogens (tertiary/aromatic N) is 1. The summed E-state index contributed by atoms with van der Waals surface area (Å²) in [5, 5.41) is 15.8. The minimum Gasteiger partial charge on any atom is -0.507 e. The van der Waals surface area contributed by atoms with E-state index >= 15 is 0 Å². The smallest absolute Gasteiger partial charge is 0.255 e. The van der Waals surface area contributed by atoms with Crippen molar-refractivity contribution in [2.45, 2.75) is 12.5 Å². The van der Waals surface area contributed by atoms with Crippen LogP contribution in [0.3, 0.4) is 0 Å². The summed E-state index contributed by atoms with van der Waals surface area (Å²) < 4.78 is 0. The number of amides is 2. The van der Waals surface area contributed by atoms with Crippen LogP contribution in [0.1, 0.15) is 16.8 Å². The molecule has 23 heavy (non-hydrogen) atoms. The molecule has 0 saturated carbocycles. The summed E-state index contributed by atoms with van der Waals surface area (Å²) in [5.74, 6) is 1.89. The van der Waals surface area contributed by atoms with Gasteiger partial charge in [-0.1, -0.05) is 12.1 Å². The maximum absolute atomic E-state index is 12.3. The summed E-state index contributed by atoms with van der Waals surface area (Å²) in [4.78, 5) is 26.3. The molecule has 124 valence electrons. The van der Waals surface area contributed by atoms with E-state index in [1.165, 1.54) is 6.07 Å². The van der Waals surface area contributed by atoms with Gasteiger partial charge in [0.25, 0.3) is 5.91 Å². The number of aromatic hydroxyl groups is 1. The van der Waals surface area contributed by atoms with Gasteiger partial charge in [0.1, 0.15) is 5.75 Å². The van der Waals surface area contributed by atoms with Crippen molar-refractivity contribution < 1.29 is 14.7 Å². The zero-order valence-corrected chi connectivity index (χ0v) is 13.6. The van der Waals surface area contributed by atoms with Gasteiger partial charge in [0.05, 0.1) is 17.5 Å². The molecule has 0 aromatic heterocycles. The quantitative estimate of drug-likeness (QED) is 0.752. The van der Waals surface area contributed by atoms with Crippen molar-refractivity contribution in [1.82, 2.24) is 15.5 Å². The fourth-order valence-electron chi connectivity index (χ4n) is 2.96. The number of phenols is 1. The number of para-hydroxylation sites is 1. The third-order valence-electron chi connectivity index (χ3n) is 4.28. The fourth-order valence-corrected chi connectivity index (χ4v) is 3.91. The third-order valence-corrected chi connectivity index (χ3v) is 5.25. The second-order valence-corrected chi connectivity index (χ2v) is 7.00. The Balaban J connectivity index is 1.47. The molecule has 0 bridgehead atoms. The molecule has 0 spiro atoms. The summed E-state index contributed by atoms with van der Waals surface area (Å²) in [6, 6.07) is 6.35. The van der Waals surface area contributed by atoms with E-state index in [2.05, 4.69) is 10.6 Å². The van der Waals surface area contributed by atoms with Crippen molar-refractivity contribution in [3.63, 3.8) is 0 Å². The Morgan fingerprint density at radius 1 is 1.39 bits per heavy atom. The second-order valence-electron chi connectivity index (χ2n) is 5.93. The molecule has 1 unspecified atom stereocenters. The Hall–Kier alpha value is -1.73. The number of benzene rings is 1. The van der Waals surface area contributed by atoms with Crippen LogP contribution in [-0.4, -0.2) is 59.1 Å². The second kappa shape index (κ2) is 7.23. The highest BCUT2D eigenvalue weighted by Crippen LogP contribution is 2.20. The average molecular weight is 335 g/mol. The van der Waals surface area contributed by atoms with Gasteiger partial charge in [0, 0.05) is 25.4 Å². The molecular weight excluding hydrogens is 314 g/mol. The van der Waals surface area contributed by atoms with Crippen LogP contribution in [0, 0.1) is 5.92 Å². The van der Waals surface area contributed by atoms with Gasteiger partial charge < -0.3 is 20.6 Å². The Morgan fingerprint density at radius 2 is 2.22 bits per heavy atom. The van der Waals surface area contributed by atoms with Gasteiger partial charge in [-0.2, -0.15) is 0 Å². The molecule has 2 fully saturated rings. The molecule has 7 heteroatoms. The van der Waals surface area contributed by atoms with E-state index < -0.39 is 0 Å². The molecule has 2 amide bonds. The molecule has 3 rings (SSSR count). The molecule has 3 N–H and O–H groups in total. The van der Waals surface area contributed by atoms with Crippen molar-refractivity contribution in [2.24, 2.45) is 5.92 Å². The standard InChI is InChI=1S/C16H21N3O3S/c20-14-4-2-1-3-12(14)15(21)18-9-11-7-13(17-8-11)16(22)19-5-6-23-10-19/h1-4,11,13,17,20H,5-10H2,(H,18,21)/t11?,13-/m0/s1. The number of carbonyl (C=O) groups is 2. The predicted octanol–water partition coefficient (Wildman–Crippen LogP) is 0.633. The summed E-state index contributed by atoms with van der Waals surface area (Å²) in [6.45, 7) is 2.05. The Kier molecular flexibility index (Phi) is 5.07. The normalized spacial score (nSPS) is 23.9. The van der Waals surface area contributed by atoms with E-state index in [-0.39, 0.29) is 35.1 Å². The SMILES string of the molecule is O=C(NCC1CN[C@H](C(=O)N2CCSC2)C1)c1ccccc1O. The number of thioether (sulfide) groups is 1. The van der Waals surface area contributed by atoms with Gasteiger partial charge in [0.2, 0.25) is 5.91 Å². The molecule has 6 nitrogen and oxygen atoms in total. The van der Waals surface area contributed by atoms with E-state index in [0.29, 0.717) is 6.54 Å². The molecule has 2 aliphatic rings. The summed E-state index contributed by atoms with van der Waals surface area (Å²) >= 11 is 1.78. The van der Waals surface area contributed by atoms with Crippen LogP contribution >= 0.6 is 11.8 Å². The predicted molar refractivity (Wildman–Crippen MR) is 89.4 cm³/mol. The molecule has 2 saturated heterocycles. The van der Waals surface area contributed by atoms with Crippen LogP contribution in [-0.2, 0) is 4.79 Å². The van der Waals surface area contributed by atoms with E-state index in [9.17, 15) is 14.7 Å². The minimum absolute atomic E-state index is 0.0193. The monoisotopic (exact) mass is 335 g/mol. The topological polar surface area (TPSA) is 81.7 Å². The van der Waals surface area contributed by atoms with Gasteiger partial charge in [-0.05, 0) is 24.5 Å². The highest BCUT2D eigenvalue weighted by molar-refractivity contribution is 7.99. The van der Waals surface area contributed by atoms with Crippen molar-refractivity contribution in [3.8, 4) is 5.75 Å². The van der Waals surface area contributed by atoms with Gasteiger partial charge >= 0.3 is 0 Å². The van der Waals surface area contributed by atoms with Crippen molar-refractivity contribution in [1.29, 1.82) is 0 Å². The molecular formula is C16H21N3O3S. The lowest BCUT2D eigenvalue weighted by atomic mass is 10.0. The Morgan fingerprint density at radius 3 is 2.96 bits per heavy atom. The molecule has 0 aliphatic carbocycles. The molecule has 1 aromatic rings. The number of rotatable bonds is 4. The number of hydrogen-bond acceptors (Lipinski definition) is 5. The number of carbonyl (C=O) groups excluding carboxylic acids is 2. The van der Waals surface area contributed by atoms with Crippen LogP contribution in [0.15, 0.2) is 24.3 Å².